The third-order valence-electron chi connectivity index (χ3n) is 4.59. The van der Waals surface area contributed by atoms with E-state index >= 15 is 0 Å². The molecule has 1 saturated heterocycles. The molecule has 1 aliphatic rings. The van der Waals surface area contributed by atoms with Crippen LogP contribution in [-0.2, 0) is 6.54 Å². The van der Waals surface area contributed by atoms with E-state index in [1.54, 1.807) is 16.9 Å². The van der Waals surface area contributed by atoms with E-state index in [0.717, 1.165) is 43.6 Å². The number of amides is 1. The third-order valence-corrected chi connectivity index (χ3v) is 4.59. The summed E-state index contributed by atoms with van der Waals surface area (Å²) in [6.45, 7) is 3.57. The second kappa shape index (κ2) is 6.07. The zero-order valence-corrected chi connectivity index (χ0v) is 13.7. The highest BCUT2D eigenvalue weighted by molar-refractivity contribution is 5.94. The van der Waals surface area contributed by atoms with E-state index in [2.05, 4.69) is 15.3 Å². The van der Waals surface area contributed by atoms with Crippen LogP contribution in [0.5, 0.6) is 0 Å². The molecule has 1 atom stereocenters. The number of aromatic nitrogens is 5. The lowest BCUT2D eigenvalue weighted by molar-refractivity contribution is 0.0583. The summed E-state index contributed by atoms with van der Waals surface area (Å²) in [7, 11) is 0. The highest BCUT2D eigenvalue weighted by atomic mass is 16.2. The van der Waals surface area contributed by atoms with Crippen molar-refractivity contribution in [1.82, 2.24) is 29.3 Å². The number of fused-ring (bicyclic) bond motifs is 1. The predicted molar refractivity (Wildman–Crippen MR) is 88.6 cm³/mol. The van der Waals surface area contributed by atoms with Crippen LogP contribution in [0.3, 0.4) is 0 Å². The van der Waals surface area contributed by atoms with Gasteiger partial charge in [0.05, 0.1) is 24.3 Å². The standard InChI is InChI=1S/C17H20N6O/c1-13-8-19-22(9-13)11-15-4-2-3-7-23(15)17(24)14-5-6-16-20-18-12-21(16)10-14/h5-6,8-10,12,15H,2-4,7,11H2,1H3. The van der Waals surface area contributed by atoms with E-state index in [1.165, 1.54) is 0 Å². The van der Waals surface area contributed by atoms with Gasteiger partial charge in [-0.25, -0.2) is 0 Å². The number of carbonyl (C=O) groups excluding carboxylic acids is 1. The van der Waals surface area contributed by atoms with Gasteiger partial charge in [-0.05, 0) is 43.9 Å². The molecule has 7 heteroatoms. The number of likely N-dealkylation sites (tertiary alicyclic amines) is 1. The zero-order chi connectivity index (χ0) is 16.5. The Morgan fingerprint density at radius 1 is 1.29 bits per heavy atom. The first-order valence-electron chi connectivity index (χ1n) is 8.30. The lowest BCUT2D eigenvalue weighted by Gasteiger charge is -2.35. The summed E-state index contributed by atoms with van der Waals surface area (Å²) < 4.78 is 3.72. The summed E-state index contributed by atoms with van der Waals surface area (Å²) in [5.41, 5.74) is 2.56. The Morgan fingerprint density at radius 2 is 2.21 bits per heavy atom. The minimum atomic E-state index is 0.0687. The van der Waals surface area contributed by atoms with Crippen LogP contribution in [0.15, 0.2) is 37.1 Å². The van der Waals surface area contributed by atoms with Crippen LogP contribution in [0.1, 0.15) is 35.2 Å². The monoisotopic (exact) mass is 324 g/mol. The van der Waals surface area contributed by atoms with Gasteiger partial charge >= 0.3 is 0 Å². The van der Waals surface area contributed by atoms with E-state index in [0.29, 0.717) is 5.56 Å². The van der Waals surface area contributed by atoms with Crippen molar-refractivity contribution in [1.29, 1.82) is 0 Å². The minimum Gasteiger partial charge on any atom is -0.334 e. The van der Waals surface area contributed by atoms with E-state index in [4.69, 9.17) is 0 Å². The Kier molecular flexibility index (Phi) is 3.76. The first kappa shape index (κ1) is 14.9. The number of pyridine rings is 1. The van der Waals surface area contributed by atoms with Crippen molar-refractivity contribution in [3.05, 3.63) is 48.2 Å². The maximum absolute atomic E-state index is 13.0. The second-order valence-corrected chi connectivity index (χ2v) is 6.40. The Labute approximate surface area is 139 Å². The highest BCUT2D eigenvalue weighted by Gasteiger charge is 2.28. The molecule has 0 spiro atoms. The lowest BCUT2D eigenvalue weighted by atomic mass is 10.0. The molecule has 124 valence electrons. The first-order valence-corrected chi connectivity index (χ1v) is 8.30. The molecule has 0 radical (unpaired) electrons. The largest absolute Gasteiger partial charge is 0.334 e. The molecule has 24 heavy (non-hydrogen) atoms. The van der Waals surface area contributed by atoms with Gasteiger partial charge in [0.25, 0.3) is 5.91 Å². The van der Waals surface area contributed by atoms with E-state index in [9.17, 15) is 4.79 Å². The topological polar surface area (TPSA) is 68.3 Å². The molecular weight excluding hydrogens is 304 g/mol. The van der Waals surface area contributed by atoms with Crippen molar-refractivity contribution >= 4 is 11.6 Å². The zero-order valence-electron chi connectivity index (χ0n) is 13.7. The van der Waals surface area contributed by atoms with Gasteiger partial charge in [0.1, 0.15) is 6.33 Å². The molecule has 4 heterocycles. The molecule has 0 aromatic carbocycles. The van der Waals surface area contributed by atoms with Gasteiger partial charge in [-0.15, -0.1) is 10.2 Å². The SMILES string of the molecule is Cc1cnn(CC2CCCCN2C(=O)c2ccc3nncn3c2)c1. The number of hydrogen-bond donors (Lipinski definition) is 0. The number of hydrogen-bond acceptors (Lipinski definition) is 4. The lowest BCUT2D eigenvalue weighted by Crippen LogP contribution is -2.46. The average molecular weight is 324 g/mol. The Morgan fingerprint density at radius 3 is 3.04 bits per heavy atom. The van der Waals surface area contributed by atoms with Crippen molar-refractivity contribution in [3.8, 4) is 0 Å². The Bertz CT molecular complexity index is 867. The van der Waals surface area contributed by atoms with Crippen LogP contribution in [0, 0.1) is 6.92 Å². The number of rotatable bonds is 3. The summed E-state index contributed by atoms with van der Waals surface area (Å²) in [6.07, 6.45) is 10.5. The summed E-state index contributed by atoms with van der Waals surface area (Å²) in [4.78, 5) is 15.0. The van der Waals surface area contributed by atoms with Crippen LogP contribution < -0.4 is 0 Å². The van der Waals surface area contributed by atoms with Gasteiger partial charge in [0, 0.05) is 18.9 Å². The van der Waals surface area contributed by atoms with Gasteiger partial charge in [0.2, 0.25) is 0 Å². The van der Waals surface area contributed by atoms with Crippen LogP contribution in [-0.4, -0.2) is 47.8 Å². The molecular formula is C17H20N6O. The van der Waals surface area contributed by atoms with Crippen molar-refractivity contribution in [2.24, 2.45) is 0 Å². The fraction of sp³-hybridized carbons (Fsp3) is 0.412. The van der Waals surface area contributed by atoms with E-state index in [-0.39, 0.29) is 11.9 Å². The molecule has 3 aromatic rings. The molecule has 0 bridgehead atoms. The predicted octanol–water partition coefficient (Wildman–Crippen LogP) is 1.93. The Hall–Kier alpha value is -2.70. The molecule has 1 fully saturated rings. The highest BCUT2D eigenvalue weighted by Crippen LogP contribution is 2.21. The van der Waals surface area contributed by atoms with E-state index < -0.39 is 0 Å². The molecule has 0 N–H and O–H groups in total. The number of aryl methyl sites for hydroxylation is 1. The van der Waals surface area contributed by atoms with Crippen molar-refractivity contribution in [2.75, 3.05) is 6.54 Å². The molecule has 1 amide bonds. The maximum atomic E-state index is 13.0. The smallest absolute Gasteiger partial charge is 0.255 e. The van der Waals surface area contributed by atoms with Gasteiger partial charge in [0.15, 0.2) is 5.65 Å². The van der Waals surface area contributed by atoms with Crippen molar-refractivity contribution < 1.29 is 4.79 Å². The summed E-state index contributed by atoms with van der Waals surface area (Å²) in [6, 6.07) is 3.84. The van der Waals surface area contributed by atoms with Crippen LogP contribution in [0.25, 0.3) is 5.65 Å². The molecule has 0 aliphatic carbocycles. The van der Waals surface area contributed by atoms with Gasteiger partial charge in [-0.1, -0.05) is 0 Å². The normalized spacial score (nSPS) is 18.2. The molecule has 0 saturated carbocycles. The first-order chi connectivity index (χ1) is 11.7. The summed E-state index contributed by atoms with van der Waals surface area (Å²) in [5, 5.41) is 12.2. The third kappa shape index (κ3) is 2.77. The van der Waals surface area contributed by atoms with Crippen LogP contribution >= 0.6 is 0 Å². The van der Waals surface area contributed by atoms with Crippen LogP contribution in [0.2, 0.25) is 0 Å². The fourth-order valence-electron chi connectivity index (χ4n) is 3.36. The summed E-state index contributed by atoms with van der Waals surface area (Å²) >= 11 is 0. The number of carbonyl (C=O) groups is 1. The van der Waals surface area contributed by atoms with Gasteiger partial charge < -0.3 is 4.90 Å². The van der Waals surface area contributed by atoms with E-state index in [1.807, 2.05) is 41.0 Å². The van der Waals surface area contributed by atoms with Crippen molar-refractivity contribution in [3.63, 3.8) is 0 Å². The Balaban J connectivity index is 1.57. The summed E-state index contributed by atoms with van der Waals surface area (Å²) in [5.74, 6) is 0.0687. The quantitative estimate of drug-likeness (QED) is 0.738. The van der Waals surface area contributed by atoms with Gasteiger partial charge in [-0.2, -0.15) is 5.10 Å². The maximum Gasteiger partial charge on any atom is 0.255 e. The van der Waals surface area contributed by atoms with Gasteiger partial charge in [-0.3, -0.25) is 13.9 Å². The fourth-order valence-corrected chi connectivity index (χ4v) is 3.36. The van der Waals surface area contributed by atoms with Crippen molar-refractivity contribution in [2.45, 2.75) is 38.8 Å². The molecule has 1 aliphatic heterocycles. The number of nitrogens with zero attached hydrogens (tertiary/aromatic N) is 6. The van der Waals surface area contributed by atoms with Crippen LogP contribution in [0.4, 0.5) is 0 Å². The minimum absolute atomic E-state index is 0.0687. The second-order valence-electron chi connectivity index (χ2n) is 6.40. The molecule has 7 nitrogen and oxygen atoms in total. The molecule has 3 aromatic heterocycles. The molecule has 4 rings (SSSR count). The average Bonchev–Trinajstić information content (AvgIpc) is 3.22. The molecule has 1 unspecified atom stereocenters. The number of piperidine rings is 1.